The minimum absolute atomic E-state index is 0.175. The van der Waals surface area contributed by atoms with Crippen LogP contribution >= 0.6 is 0 Å². The van der Waals surface area contributed by atoms with E-state index in [2.05, 4.69) is 48.5 Å². The summed E-state index contributed by atoms with van der Waals surface area (Å²) in [7, 11) is -2.10. The quantitative estimate of drug-likeness (QED) is 0.434. The SMILES string of the molecule is CC(C)[Si](O[C@@H]1CC[C@@H](C)[C@H](c2ccccc2)OC1=O)(C(C)C)C(C)C. The number of benzene rings is 1. The van der Waals surface area contributed by atoms with Crippen molar-refractivity contribution in [2.45, 2.75) is 90.1 Å². The molecule has 0 saturated carbocycles. The second-order valence-electron chi connectivity index (χ2n) is 8.75. The summed E-state index contributed by atoms with van der Waals surface area (Å²) < 4.78 is 12.7. The van der Waals surface area contributed by atoms with E-state index in [0.717, 1.165) is 18.4 Å². The van der Waals surface area contributed by atoms with Crippen LogP contribution in [0, 0.1) is 5.92 Å². The predicted octanol–water partition coefficient (Wildman–Crippen LogP) is 6.26. The van der Waals surface area contributed by atoms with E-state index < -0.39 is 14.4 Å². The van der Waals surface area contributed by atoms with Crippen molar-refractivity contribution in [1.82, 2.24) is 0 Å². The Balaban J connectivity index is 2.25. The molecule has 146 valence electrons. The highest BCUT2D eigenvalue weighted by molar-refractivity contribution is 6.77. The zero-order chi connectivity index (χ0) is 19.5. The van der Waals surface area contributed by atoms with Crippen LogP contribution in [-0.4, -0.2) is 20.4 Å². The lowest BCUT2D eigenvalue weighted by Gasteiger charge is -2.43. The van der Waals surface area contributed by atoms with Crippen molar-refractivity contribution >= 4 is 14.3 Å². The lowest BCUT2D eigenvalue weighted by atomic mass is 9.93. The standard InChI is InChI=1S/C22H36O3Si/c1-15(2)26(16(3)4,17(5)6)25-20-14-13-18(7)21(24-22(20)23)19-11-9-8-10-12-19/h8-12,15-18,20-21H,13-14H2,1-7H3/t18-,20-,21-/m1/s1. The molecule has 0 bridgehead atoms. The fourth-order valence-corrected chi connectivity index (χ4v) is 10.3. The summed E-state index contributed by atoms with van der Waals surface area (Å²) >= 11 is 0. The largest absolute Gasteiger partial charge is 0.455 e. The predicted molar refractivity (Wildman–Crippen MR) is 110 cm³/mol. The van der Waals surface area contributed by atoms with Crippen molar-refractivity contribution < 1.29 is 14.0 Å². The molecule has 0 radical (unpaired) electrons. The van der Waals surface area contributed by atoms with Gasteiger partial charge in [-0.15, -0.1) is 0 Å². The van der Waals surface area contributed by atoms with Crippen LogP contribution in [0.15, 0.2) is 30.3 Å². The Kier molecular flexibility index (Phi) is 7.09. The van der Waals surface area contributed by atoms with Crippen LogP contribution in [0.1, 0.15) is 73.0 Å². The van der Waals surface area contributed by atoms with E-state index in [-0.39, 0.29) is 12.1 Å². The lowest BCUT2D eigenvalue weighted by molar-refractivity contribution is -0.158. The molecule has 26 heavy (non-hydrogen) atoms. The first-order chi connectivity index (χ1) is 12.2. The van der Waals surface area contributed by atoms with Gasteiger partial charge in [-0.05, 0) is 40.9 Å². The molecule has 3 nitrogen and oxygen atoms in total. The number of carbonyl (C=O) groups is 1. The van der Waals surface area contributed by atoms with Crippen LogP contribution in [0.2, 0.25) is 16.6 Å². The molecule has 1 aromatic rings. The fraction of sp³-hybridized carbons (Fsp3) is 0.682. The fourth-order valence-electron chi connectivity index (χ4n) is 4.80. The van der Waals surface area contributed by atoms with E-state index >= 15 is 0 Å². The molecule has 0 amide bonds. The van der Waals surface area contributed by atoms with Crippen molar-refractivity contribution in [3.05, 3.63) is 35.9 Å². The van der Waals surface area contributed by atoms with Gasteiger partial charge in [0.05, 0.1) is 0 Å². The van der Waals surface area contributed by atoms with Crippen molar-refractivity contribution in [1.29, 1.82) is 0 Å². The van der Waals surface area contributed by atoms with Gasteiger partial charge in [-0.1, -0.05) is 78.8 Å². The summed E-state index contributed by atoms with van der Waals surface area (Å²) in [5, 5.41) is 0. The number of hydrogen-bond acceptors (Lipinski definition) is 3. The number of rotatable bonds is 6. The maximum absolute atomic E-state index is 13.0. The monoisotopic (exact) mass is 376 g/mol. The summed E-state index contributed by atoms with van der Waals surface area (Å²) in [6.07, 6.45) is 1.09. The van der Waals surface area contributed by atoms with Crippen LogP contribution in [0.5, 0.6) is 0 Å². The van der Waals surface area contributed by atoms with Gasteiger partial charge in [0.25, 0.3) is 0 Å². The molecular formula is C22H36O3Si. The number of carbonyl (C=O) groups excluding carboxylic acids is 1. The van der Waals surface area contributed by atoms with Gasteiger partial charge in [0.15, 0.2) is 0 Å². The number of ether oxygens (including phenoxy) is 1. The molecule has 1 aliphatic rings. The molecule has 1 saturated heterocycles. The molecule has 0 N–H and O–H groups in total. The third-order valence-electron chi connectivity index (χ3n) is 6.09. The van der Waals surface area contributed by atoms with Gasteiger partial charge >= 0.3 is 5.97 Å². The second-order valence-corrected chi connectivity index (χ2v) is 14.2. The smallest absolute Gasteiger partial charge is 0.334 e. The summed E-state index contributed by atoms with van der Waals surface area (Å²) in [5.74, 6) is 0.116. The van der Waals surface area contributed by atoms with E-state index in [9.17, 15) is 4.79 Å². The molecule has 2 rings (SSSR count). The second kappa shape index (κ2) is 8.70. The Morgan fingerprint density at radius 3 is 2.00 bits per heavy atom. The van der Waals surface area contributed by atoms with E-state index in [0.29, 0.717) is 22.5 Å². The zero-order valence-corrected chi connectivity index (χ0v) is 18.5. The Hall–Kier alpha value is -1.13. The highest BCUT2D eigenvalue weighted by Crippen LogP contribution is 2.44. The zero-order valence-electron chi connectivity index (χ0n) is 17.5. The molecule has 3 atom stereocenters. The Morgan fingerprint density at radius 2 is 1.50 bits per heavy atom. The molecule has 0 unspecified atom stereocenters. The average molecular weight is 377 g/mol. The van der Waals surface area contributed by atoms with Crippen LogP contribution in [0.3, 0.4) is 0 Å². The average Bonchev–Trinajstić information content (AvgIpc) is 2.72. The Morgan fingerprint density at radius 1 is 0.962 bits per heavy atom. The first-order valence-electron chi connectivity index (χ1n) is 10.1. The summed E-state index contributed by atoms with van der Waals surface area (Å²) in [6, 6.07) is 10.1. The highest BCUT2D eigenvalue weighted by Gasteiger charge is 2.48. The van der Waals surface area contributed by atoms with Gasteiger partial charge in [-0.2, -0.15) is 0 Å². The lowest BCUT2D eigenvalue weighted by Crippen LogP contribution is -2.51. The maximum Gasteiger partial charge on any atom is 0.334 e. The van der Waals surface area contributed by atoms with Crippen molar-refractivity contribution in [3.63, 3.8) is 0 Å². The molecule has 0 spiro atoms. The van der Waals surface area contributed by atoms with Crippen LogP contribution in [0.25, 0.3) is 0 Å². The van der Waals surface area contributed by atoms with Gasteiger partial charge in [-0.3, -0.25) is 0 Å². The van der Waals surface area contributed by atoms with Gasteiger partial charge in [-0.25, -0.2) is 4.79 Å². The third-order valence-corrected chi connectivity index (χ3v) is 12.2. The molecule has 0 aliphatic carbocycles. The molecular weight excluding hydrogens is 340 g/mol. The van der Waals surface area contributed by atoms with Gasteiger partial charge < -0.3 is 9.16 Å². The first kappa shape index (κ1) is 21.2. The summed E-state index contributed by atoms with van der Waals surface area (Å²) in [5.41, 5.74) is 2.46. The molecule has 0 aromatic heterocycles. The van der Waals surface area contributed by atoms with Crippen molar-refractivity contribution in [3.8, 4) is 0 Å². The van der Waals surface area contributed by atoms with E-state index in [1.807, 2.05) is 30.3 Å². The van der Waals surface area contributed by atoms with Gasteiger partial charge in [0, 0.05) is 0 Å². The Bertz CT molecular complexity index is 561. The van der Waals surface area contributed by atoms with E-state index in [1.165, 1.54) is 0 Å². The minimum Gasteiger partial charge on any atom is -0.455 e. The van der Waals surface area contributed by atoms with Crippen LogP contribution < -0.4 is 0 Å². The maximum atomic E-state index is 13.0. The van der Waals surface area contributed by atoms with Crippen LogP contribution in [-0.2, 0) is 14.0 Å². The highest BCUT2D eigenvalue weighted by atomic mass is 28.4. The Labute approximate surface area is 160 Å². The van der Waals surface area contributed by atoms with Gasteiger partial charge in [0.2, 0.25) is 8.32 Å². The number of hydrogen-bond donors (Lipinski definition) is 0. The molecule has 1 fully saturated rings. The van der Waals surface area contributed by atoms with E-state index in [1.54, 1.807) is 0 Å². The molecule has 1 aromatic carbocycles. The first-order valence-corrected chi connectivity index (χ1v) is 12.3. The molecule has 1 heterocycles. The minimum atomic E-state index is -2.10. The summed E-state index contributed by atoms with van der Waals surface area (Å²) in [4.78, 5) is 13.0. The molecule has 4 heteroatoms. The van der Waals surface area contributed by atoms with Crippen LogP contribution in [0.4, 0.5) is 0 Å². The normalized spacial score (nSPS) is 24.8. The number of esters is 1. The number of cyclic esters (lactones) is 1. The van der Waals surface area contributed by atoms with Gasteiger partial charge in [0.1, 0.15) is 12.2 Å². The topological polar surface area (TPSA) is 35.5 Å². The van der Waals surface area contributed by atoms with Crippen molar-refractivity contribution in [2.75, 3.05) is 0 Å². The van der Waals surface area contributed by atoms with E-state index in [4.69, 9.17) is 9.16 Å². The van der Waals surface area contributed by atoms with Crippen molar-refractivity contribution in [2.24, 2.45) is 5.92 Å². The summed E-state index contributed by atoms with van der Waals surface area (Å²) in [6.45, 7) is 15.7. The molecule has 1 aliphatic heterocycles. The third kappa shape index (κ3) is 4.23.